The van der Waals surface area contributed by atoms with Crippen molar-refractivity contribution in [2.45, 2.75) is 51.4 Å². The zero-order valence-electron chi connectivity index (χ0n) is 31.7. The summed E-state index contributed by atoms with van der Waals surface area (Å²) in [6, 6.07) is 50.7. The van der Waals surface area contributed by atoms with Crippen molar-refractivity contribution >= 4 is 27.5 Å². The fraction of sp³-hybridized carbons (Fsp3) is 0.154. The highest BCUT2D eigenvalue weighted by Gasteiger charge is 2.40. The summed E-state index contributed by atoms with van der Waals surface area (Å²) in [5.41, 5.74) is 19.6. The molecule has 3 heteroatoms. The van der Waals surface area contributed by atoms with E-state index in [0.717, 1.165) is 52.3 Å². The molecule has 0 amide bonds. The molecule has 0 N–H and O–H groups in total. The molecule has 8 aromatic rings. The van der Waals surface area contributed by atoms with Gasteiger partial charge in [-0.25, -0.2) is 9.97 Å². The molecule has 0 unspecified atom stereocenters. The molecule has 6 aromatic carbocycles. The molecule has 0 radical (unpaired) electrons. The van der Waals surface area contributed by atoms with E-state index >= 15 is 0 Å². The first-order valence-corrected chi connectivity index (χ1v) is 19.6. The van der Waals surface area contributed by atoms with Gasteiger partial charge < -0.3 is 4.57 Å². The van der Waals surface area contributed by atoms with Crippen LogP contribution in [0, 0.1) is 0 Å². The first-order valence-electron chi connectivity index (χ1n) is 19.6. The summed E-state index contributed by atoms with van der Waals surface area (Å²) >= 11 is 0. The maximum Gasteiger partial charge on any atom is 0.160 e. The molecule has 0 spiro atoms. The van der Waals surface area contributed by atoms with E-state index in [9.17, 15) is 0 Å². The Morgan fingerprint density at radius 1 is 0.509 bits per heavy atom. The molecule has 55 heavy (non-hydrogen) atoms. The fourth-order valence-electron chi connectivity index (χ4n) is 9.79. The van der Waals surface area contributed by atoms with E-state index in [4.69, 9.17) is 9.97 Å². The van der Waals surface area contributed by atoms with Gasteiger partial charge in [0.15, 0.2) is 5.82 Å². The Bertz CT molecular complexity index is 2900. The normalized spacial score (nSPS) is 16.0. The van der Waals surface area contributed by atoms with Crippen LogP contribution in [0.2, 0.25) is 0 Å². The lowest BCUT2D eigenvalue weighted by molar-refractivity contribution is 0.623. The topological polar surface area (TPSA) is 30.7 Å². The minimum absolute atomic E-state index is 0.0663. The third-order valence-corrected chi connectivity index (χ3v) is 12.6. The van der Waals surface area contributed by atoms with Gasteiger partial charge in [0.25, 0.3) is 0 Å². The number of nitrogens with zero attached hydrogens (tertiary/aromatic N) is 3. The van der Waals surface area contributed by atoms with E-state index in [1.54, 1.807) is 0 Å². The maximum absolute atomic E-state index is 5.17. The minimum Gasteiger partial charge on any atom is -0.312 e. The number of allylic oxidation sites excluding steroid dienone is 4. The summed E-state index contributed by atoms with van der Waals surface area (Å²) < 4.78 is 2.64. The average Bonchev–Trinajstić information content (AvgIpc) is 3.67. The summed E-state index contributed by atoms with van der Waals surface area (Å²) in [7, 11) is 0. The van der Waals surface area contributed by atoms with Gasteiger partial charge in [0.05, 0.1) is 22.4 Å². The predicted octanol–water partition coefficient (Wildman–Crippen LogP) is 13.4. The third kappa shape index (κ3) is 4.69. The molecule has 3 aliphatic rings. The summed E-state index contributed by atoms with van der Waals surface area (Å²) in [6.45, 7) is 9.61. The number of fused-ring (bicyclic) bond motifs is 7. The molecule has 264 valence electrons. The lowest BCUT2D eigenvalue weighted by Crippen LogP contribution is -2.28. The van der Waals surface area contributed by atoms with Gasteiger partial charge in [-0.3, -0.25) is 0 Å². The zero-order chi connectivity index (χ0) is 37.1. The largest absolute Gasteiger partial charge is 0.312 e. The van der Waals surface area contributed by atoms with Gasteiger partial charge in [-0.1, -0.05) is 143 Å². The standard InChI is InChI=1S/C52H41N3/c1-51(2)41-23-12-11-22-37(41)38-29-39-40-27-36(28-44-49(40)55(48(39)30-43(38)51)47-25-14-13-24-42(47)52(44,3)4)34-20-15-21-35(26-34)50-53-45(32-16-7-5-8-17-32)31-46(54-50)33-18-9-6-10-19-33/h5-13,15-24,26-31H,14,25H2,1-4H3. The summed E-state index contributed by atoms with van der Waals surface area (Å²) in [5, 5.41) is 2.65. The van der Waals surface area contributed by atoms with Gasteiger partial charge in [0.1, 0.15) is 0 Å². The van der Waals surface area contributed by atoms with Crippen molar-refractivity contribution in [1.29, 1.82) is 0 Å². The van der Waals surface area contributed by atoms with Gasteiger partial charge in [0.2, 0.25) is 0 Å². The molecule has 0 fully saturated rings. The van der Waals surface area contributed by atoms with Gasteiger partial charge in [-0.05, 0) is 93.8 Å². The third-order valence-electron chi connectivity index (χ3n) is 12.6. The zero-order valence-corrected chi connectivity index (χ0v) is 31.7. The van der Waals surface area contributed by atoms with Crippen LogP contribution in [0.25, 0.3) is 83.7 Å². The molecule has 0 bridgehead atoms. The Morgan fingerprint density at radius 2 is 1.18 bits per heavy atom. The number of hydrogen-bond donors (Lipinski definition) is 0. The molecule has 1 aliphatic heterocycles. The Balaban J connectivity index is 1.14. The molecule has 0 saturated heterocycles. The quantitative estimate of drug-likeness (QED) is 0.182. The van der Waals surface area contributed by atoms with E-state index in [1.807, 2.05) is 12.1 Å². The number of aromatic nitrogens is 3. The molecule has 3 heterocycles. The Morgan fingerprint density at radius 3 is 1.93 bits per heavy atom. The van der Waals surface area contributed by atoms with Crippen LogP contribution >= 0.6 is 0 Å². The summed E-state index contributed by atoms with van der Waals surface area (Å²) in [6.07, 6.45) is 6.89. The first kappa shape index (κ1) is 32.1. The van der Waals surface area contributed by atoms with Crippen LogP contribution in [0.5, 0.6) is 0 Å². The van der Waals surface area contributed by atoms with E-state index in [-0.39, 0.29) is 10.8 Å². The second kappa shape index (κ2) is 11.6. The van der Waals surface area contributed by atoms with Crippen LogP contribution in [-0.4, -0.2) is 14.5 Å². The first-order chi connectivity index (χ1) is 26.8. The van der Waals surface area contributed by atoms with Crippen LogP contribution in [-0.2, 0) is 10.8 Å². The molecule has 0 saturated carbocycles. The molecular weight excluding hydrogens is 667 g/mol. The van der Waals surface area contributed by atoms with Crippen LogP contribution < -0.4 is 0 Å². The highest BCUT2D eigenvalue weighted by molar-refractivity contribution is 6.15. The fourth-order valence-corrected chi connectivity index (χ4v) is 9.79. The number of benzene rings is 6. The van der Waals surface area contributed by atoms with Crippen LogP contribution in [0.1, 0.15) is 57.2 Å². The summed E-state index contributed by atoms with van der Waals surface area (Å²) in [5.74, 6) is 0.723. The van der Waals surface area contributed by atoms with Crippen molar-refractivity contribution in [3.63, 3.8) is 0 Å². The molecule has 3 nitrogen and oxygen atoms in total. The summed E-state index contributed by atoms with van der Waals surface area (Å²) in [4.78, 5) is 10.3. The van der Waals surface area contributed by atoms with Crippen molar-refractivity contribution in [3.8, 4) is 56.2 Å². The highest BCUT2D eigenvalue weighted by Crippen LogP contribution is 2.55. The van der Waals surface area contributed by atoms with E-state index in [1.165, 1.54) is 66.5 Å². The molecule has 0 atom stereocenters. The van der Waals surface area contributed by atoms with Crippen molar-refractivity contribution in [2.24, 2.45) is 0 Å². The molecule has 2 aliphatic carbocycles. The van der Waals surface area contributed by atoms with Gasteiger partial charge in [-0.15, -0.1) is 0 Å². The second-order valence-corrected chi connectivity index (χ2v) is 16.5. The van der Waals surface area contributed by atoms with Crippen LogP contribution in [0.3, 0.4) is 0 Å². The van der Waals surface area contributed by atoms with Crippen molar-refractivity contribution in [3.05, 3.63) is 174 Å². The number of hydrogen-bond acceptors (Lipinski definition) is 2. The van der Waals surface area contributed by atoms with Crippen LogP contribution in [0.15, 0.2) is 157 Å². The monoisotopic (exact) mass is 707 g/mol. The van der Waals surface area contributed by atoms with Gasteiger partial charge in [-0.2, -0.15) is 0 Å². The lowest BCUT2D eigenvalue weighted by atomic mass is 9.72. The number of rotatable bonds is 4. The van der Waals surface area contributed by atoms with Crippen molar-refractivity contribution in [2.75, 3.05) is 0 Å². The Kier molecular flexibility index (Phi) is 6.77. The predicted molar refractivity (Wildman–Crippen MR) is 229 cm³/mol. The molecule has 2 aromatic heterocycles. The van der Waals surface area contributed by atoms with E-state index < -0.39 is 0 Å². The average molecular weight is 708 g/mol. The Labute approximate surface area is 322 Å². The van der Waals surface area contributed by atoms with Gasteiger partial charge >= 0.3 is 0 Å². The maximum atomic E-state index is 5.17. The van der Waals surface area contributed by atoms with E-state index in [0.29, 0.717) is 0 Å². The minimum atomic E-state index is -0.158. The Hall–Kier alpha value is -6.32. The highest BCUT2D eigenvalue weighted by atomic mass is 15.0. The molecular formula is C52H41N3. The second-order valence-electron chi connectivity index (χ2n) is 16.5. The SMILES string of the molecule is CC1(C)C2=C(CCC=C2)n2c3cc4c(cc3c3cc(-c5cccc(-c6nc(-c7ccccc7)cc(-c7ccccc7)n6)c5)cc1c32)-c1ccccc1C4(C)C. The smallest absolute Gasteiger partial charge is 0.160 e. The van der Waals surface area contributed by atoms with Crippen LogP contribution in [0.4, 0.5) is 0 Å². The molecule has 11 rings (SSSR count). The lowest BCUT2D eigenvalue weighted by Gasteiger charge is -2.37. The van der Waals surface area contributed by atoms with Crippen molar-refractivity contribution in [1.82, 2.24) is 14.5 Å². The van der Waals surface area contributed by atoms with Gasteiger partial charge in [0, 0.05) is 44.0 Å². The van der Waals surface area contributed by atoms with Crippen molar-refractivity contribution < 1.29 is 0 Å². The van der Waals surface area contributed by atoms with E-state index in [2.05, 4.69) is 172 Å².